The molecule has 0 aromatic heterocycles. The van der Waals surface area contributed by atoms with Gasteiger partial charge in [0.1, 0.15) is 0 Å². The van der Waals surface area contributed by atoms with Crippen molar-refractivity contribution < 1.29 is 14.7 Å². The fraction of sp³-hybridized carbons (Fsp3) is 0.529. The number of urea groups is 1. The molecule has 0 atom stereocenters. The van der Waals surface area contributed by atoms with Crippen LogP contribution in [0.1, 0.15) is 44.1 Å². The van der Waals surface area contributed by atoms with Crippen LogP contribution in [0.3, 0.4) is 0 Å². The van der Waals surface area contributed by atoms with Gasteiger partial charge in [0.25, 0.3) is 0 Å². The third-order valence-corrected chi connectivity index (χ3v) is 4.20. The quantitative estimate of drug-likeness (QED) is 0.756. The van der Waals surface area contributed by atoms with Gasteiger partial charge in [-0.3, -0.25) is 4.79 Å². The van der Waals surface area contributed by atoms with Crippen LogP contribution >= 0.6 is 0 Å². The van der Waals surface area contributed by atoms with E-state index >= 15 is 0 Å². The zero-order chi connectivity index (χ0) is 15.8. The molecule has 0 aliphatic heterocycles. The Balaban J connectivity index is 1.96. The molecule has 0 unspecified atom stereocenters. The molecule has 1 aliphatic rings. The number of nitrogens with one attached hydrogen (secondary N) is 2. The fourth-order valence-corrected chi connectivity index (χ4v) is 3.13. The standard InChI is InChI=1S/C17H24N2O3/c20-15(21)9-12-18-16(22)19-17(10-5-2-6-11-17)13-14-7-3-1-4-8-14/h1,3-4,7-8H,2,5-6,9-13H2,(H,20,21)(H2,18,19,22). The van der Waals surface area contributed by atoms with Crippen molar-refractivity contribution in [2.75, 3.05) is 6.54 Å². The number of carboxylic acids is 1. The van der Waals surface area contributed by atoms with Gasteiger partial charge in [-0.1, -0.05) is 49.6 Å². The predicted octanol–water partition coefficient (Wildman–Crippen LogP) is 2.71. The molecule has 1 saturated carbocycles. The Hall–Kier alpha value is -2.04. The van der Waals surface area contributed by atoms with Crippen molar-refractivity contribution in [2.45, 2.75) is 50.5 Å². The van der Waals surface area contributed by atoms with Crippen molar-refractivity contribution in [3.05, 3.63) is 35.9 Å². The summed E-state index contributed by atoms with van der Waals surface area (Å²) in [5.74, 6) is -0.906. The summed E-state index contributed by atoms with van der Waals surface area (Å²) in [5, 5.41) is 14.4. The summed E-state index contributed by atoms with van der Waals surface area (Å²) in [6.07, 6.45) is 6.13. The van der Waals surface area contributed by atoms with Crippen molar-refractivity contribution in [3.8, 4) is 0 Å². The maximum Gasteiger partial charge on any atom is 0.315 e. The van der Waals surface area contributed by atoms with Gasteiger partial charge >= 0.3 is 12.0 Å². The van der Waals surface area contributed by atoms with E-state index < -0.39 is 5.97 Å². The molecule has 0 radical (unpaired) electrons. The predicted molar refractivity (Wildman–Crippen MR) is 84.7 cm³/mol. The highest BCUT2D eigenvalue weighted by molar-refractivity contribution is 5.75. The number of hydrogen-bond acceptors (Lipinski definition) is 2. The maximum atomic E-state index is 12.1. The molecule has 3 N–H and O–H groups in total. The first kappa shape index (κ1) is 16.3. The third-order valence-electron chi connectivity index (χ3n) is 4.20. The van der Waals surface area contributed by atoms with Gasteiger partial charge in [0.2, 0.25) is 0 Å². The minimum atomic E-state index is -0.906. The minimum Gasteiger partial charge on any atom is -0.481 e. The summed E-state index contributed by atoms with van der Waals surface area (Å²) in [7, 11) is 0. The topological polar surface area (TPSA) is 78.4 Å². The molecule has 5 heteroatoms. The number of rotatable bonds is 6. The van der Waals surface area contributed by atoms with Crippen molar-refractivity contribution in [2.24, 2.45) is 0 Å². The van der Waals surface area contributed by atoms with E-state index in [2.05, 4.69) is 22.8 Å². The molecule has 1 aromatic rings. The smallest absolute Gasteiger partial charge is 0.315 e. The Morgan fingerprint density at radius 2 is 1.77 bits per heavy atom. The van der Waals surface area contributed by atoms with E-state index in [4.69, 9.17) is 5.11 Å². The first-order valence-electron chi connectivity index (χ1n) is 7.91. The van der Waals surface area contributed by atoms with Crippen LogP contribution in [0.15, 0.2) is 30.3 Å². The number of amides is 2. The van der Waals surface area contributed by atoms with Gasteiger partial charge in [-0.25, -0.2) is 4.79 Å². The Bertz CT molecular complexity index is 496. The average molecular weight is 304 g/mol. The van der Waals surface area contributed by atoms with Crippen LogP contribution in [0.2, 0.25) is 0 Å². The van der Waals surface area contributed by atoms with Crippen LogP contribution in [0.5, 0.6) is 0 Å². The number of carbonyl (C=O) groups excluding carboxylic acids is 1. The molecule has 1 aromatic carbocycles. The highest BCUT2D eigenvalue weighted by Crippen LogP contribution is 2.31. The van der Waals surface area contributed by atoms with E-state index in [0.717, 1.165) is 32.1 Å². The molecule has 5 nitrogen and oxygen atoms in total. The second-order valence-corrected chi connectivity index (χ2v) is 6.03. The van der Waals surface area contributed by atoms with E-state index in [-0.39, 0.29) is 24.5 Å². The zero-order valence-electron chi connectivity index (χ0n) is 12.8. The average Bonchev–Trinajstić information content (AvgIpc) is 2.48. The summed E-state index contributed by atoms with van der Waals surface area (Å²) >= 11 is 0. The van der Waals surface area contributed by atoms with Crippen LogP contribution in [0.4, 0.5) is 4.79 Å². The second-order valence-electron chi connectivity index (χ2n) is 6.03. The number of aliphatic carboxylic acids is 1. The van der Waals surface area contributed by atoms with Crippen molar-refractivity contribution in [1.82, 2.24) is 10.6 Å². The van der Waals surface area contributed by atoms with Gasteiger partial charge in [-0.05, 0) is 24.8 Å². The molecular weight excluding hydrogens is 280 g/mol. The molecular formula is C17H24N2O3. The summed E-state index contributed by atoms with van der Waals surface area (Å²) in [4.78, 5) is 22.6. The molecule has 1 aliphatic carbocycles. The fourth-order valence-electron chi connectivity index (χ4n) is 3.13. The molecule has 0 spiro atoms. The van der Waals surface area contributed by atoms with Gasteiger partial charge < -0.3 is 15.7 Å². The van der Waals surface area contributed by atoms with Gasteiger partial charge in [-0.15, -0.1) is 0 Å². The Morgan fingerprint density at radius 1 is 1.09 bits per heavy atom. The lowest BCUT2D eigenvalue weighted by Gasteiger charge is -2.38. The van der Waals surface area contributed by atoms with Crippen molar-refractivity contribution in [3.63, 3.8) is 0 Å². The monoisotopic (exact) mass is 304 g/mol. The highest BCUT2D eigenvalue weighted by atomic mass is 16.4. The lowest BCUT2D eigenvalue weighted by Crippen LogP contribution is -2.54. The van der Waals surface area contributed by atoms with Gasteiger partial charge in [-0.2, -0.15) is 0 Å². The largest absolute Gasteiger partial charge is 0.481 e. The van der Waals surface area contributed by atoms with E-state index in [1.54, 1.807) is 0 Å². The first-order valence-corrected chi connectivity index (χ1v) is 7.91. The number of benzene rings is 1. The molecule has 0 heterocycles. The number of carboxylic acid groups (broad SMARTS) is 1. The Morgan fingerprint density at radius 3 is 2.41 bits per heavy atom. The lowest BCUT2D eigenvalue weighted by atomic mass is 9.77. The molecule has 0 saturated heterocycles. The van der Waals surface area contributed by atoms with Crippen LogP contribution in [0.25, 0.3) is 0 Å². The first-order chi connectivity index (χ1) is 10.6. The van der Waals surface area contributed by atoms with Crippen LogP contribution in [0, 0.1) is 0 Å². The van der Waals surface area contributed by atoms with Crippen molar-refractivity contribution >= 4 is 12.0 Å². The van der Waals surface area contributed by atoms with Gasteiger partial charge in [0.15, 0.2) is 0 Å². The van der Waals surface area contributed by atoms with Crippen LogP contribution in [-0.2, 0) is 11.2 Å². The summed E-state index contributed by atoms with van der Waals surface area (Å²) in [5.41, 5.74) is 1.00. The lowest BCUT2D eigenvalue weighted by molar-refractivity contribution is -0.136. The van der Waals surface area contributed by atoms with Crippen LogP contribution < -0.4 is 10.6 Å². The SMILES string of the molecule is O=C(O)CCNC(=O)NC1(Cc2ccccc2)CCCCC1. The van der Waals surface area contributed by atoms with E-state index in [1.165, 1.54) is 12.0 Å². The maximum absolute atomic E-state index is 12.1. The van der Waals surface area contributed by atoms with Crippen LogP contribution in [-0.4, -0.2) is 29.2 Å². The molecule has 22 heavy (non-hydrogen) atoms. The van der Waals surface area contributed by atoms with E-state index in [1.807, 2.05) is 18.2 Å². The zero-order valence-corrected chi connectivity index (χ0v) is 12.8. The number of carbonyl (C=O) groups is 2. The normalized spacial score (nSPS) is 16.7. The van der Waals surface area contributed by atoms with Crippen molar-refractivity contribution in [1.29, 1.82) is 0 Å². The summed E-state index contributed by atoms with van der Waals surface area (Å²) in [6.45, 7) is 0.155. The Labute approximate surface area is 131 Å². The van der Waals surface area contributed by atoms with Gasteiger partial charge in [0.05, 0.1) is 6.42 Å². The molecule has 0 bridgehead atoms. The van der Waals surface area contributed by atoms with Gasteiger partial charge in [0, 0.05) is 12.1 Å². The van der Waals surface area contributed by atoms with E-state index in [0.29, 0.717) is 0 Å². The molecule has 2 amide bonds. The molecule has 120 valence electrons. The minimum absolute atomic E-state index is 0.0564. The highest BCUT2D eigenvalue weighted by Gasteiger charge is 2.33. The molecule has 2 rings (SSSR count). The number of hydrogen-bond donors (Lipinski definition) is 3. The molecule has 1 fully saturated rings. The third kappa shape index (κ3) is 5.06. The summed E-state index contributed by atoms with van der Waals surface area (Å²) < 4.78 is 0. The van der Waals surface area contributed by atoms with E-state index in [9.17, 15) is 9.59 Å². The Kier molecular flexibility index (Phi) is 5.81. The second kappa shape index (κ2) is 7.82. The summed E-state index contributed by atoms with van der Waals surface area (Å²) in [6, 6.07) is 9.92.